The Labute approximate surface area is 90.4 Å². The van der Waals surface area contributed by atoms with Crippen LogP contribution < -0.4 is 10.6 Å². The number of alkyl halides is 1. The first kappa shape index (κ1) is 9.21. The summed E-state index contributed by atoms with van der Waals surface area (Å²) in [6, 6.07) is 0. The molecule has 0 bridgehead atoms. The fourth-order valence-corrected chi connectivity index (χ4v) is 1.89. The van der Waals surface area contributed by atoms with Gasteiger partial charge < -0.3 is 0 Å². The number of carbonyl (C=O) groups is 1. The van der Waals surface area contributed by atoms with Gasteiger partial charge in [-0.05, 0) is 6.08 Å². The maximum Gasteiger partial charge on any atom is 0.277 e. The lowest BCUT2D eigenvalue weighted by atomic mass is 10.1. The summed E-state index contributed by atoms with van der Waals surface area (Å²) in [5, 5.41) is 6.45. The molecule has 0 aromatic carbocycles. The molecule has 0 saturated heterocycles. The third kappa shape index (κ3) is 1.05. The van der Waals surface area contributed by atoms with Gasteiger partial charge in [0.15, 0.2) is 6.17 Å². The average Bonchev–Trinajstić information content (AvgIpc) is 2.56. The van der Waals surface area contributed by atoms with Gasteiger partial charge in [0, 0.05) is 18.5 Å². The summed E-state index contributed by atoms with van der Waals surface area (Å²) in [6.07, 6.45) is 4.94. The minimum absolute atomic E-state index is 0.205. The summed E-state index contributed by atoms with van der Waals surface area (Å²) in [5.74, 6) is -0.205. The first-order valence-electron chi connectivity index (χ1n) is 4.86. The summed E-state index contributed by atoms with van der Waals surface area (Å²) in [6.45, 7) is 0. The van der Waals surface area contributed by atoms with E-state index in [4.69, 9.17) is 0 Å². The Balaban J connectivity index is 2.42. The van der Waals surface area contributed by atoms with Gasteiger partial charge in [0.2, 0.25) is 0 Å². The number of allylic oxidation sites excluding steroid dienone is 2. The van der Waals surface area contributed by atoms with Crippen molar-refractivity contribution in [3.8, 4) is 0 Å². The van der Waals surface area contributed by atoms with Crippen LogP contribution in [0.4, 0.5) is 4.39 Å². The molecule has 80 valence electrons. The molecule has 1 amide bonds. The molecular weight excluding hydrogens is 209 g/mol. The summed E-state index contributed by atoms with van der Waals surface area (Å²) in [5.41, 5.74) is 0.758. The lowest BCUT2D eigenvalue weighted by Crippen LogP contribution is -2.33. The third-order valence-corrected chi connectivity index (χ3v) is 2.70. The van der Waals surface area contributed by atoms with Crippen LogP contribution in [-0.4, -0.2) is 22.9 Å². The molecule has 0 spiro atoms. The maximum absolute atomic E-state index is 13.5. The van der Waals surface area contributed by atoms with Crippen LogP contribution in [-0.2, 0) is 0 Å². The Kier molecular flexibility index (Phi) is 1.71. The molecule has 1 aliphatic carbocycles. The molecule has 3 rings (SSSR count). The summed E-state index contributed by atoms with van der Waals surface area (Å²) >= 11 is 0. The SMILES string of the molecule is CN1N=c2c(cnc3c2=CC=CC3F)C1=O. The van der Waals surface area contributed by atoms with Crippen molar-refractivity contribution in [2.24, 2.45) is 5.10 Å². The molecule has 2 heterocycles. The summed E-state index contributed by atoms with van der Waals surface area (Å²) in [7, 11) is 1.57. The van der Waals surface area contributed by atoms with Crippen LogP contribution in [0.5, 0.6) is 0 Å². The van der Waals surface area contributed by atoms with E-state index < -0.39 is 6.17 Å². The Hall–Kier alpha value is -2.04. The van der Waals surface area contributed by atoms with Gasteiger partial charge in [0.05, 0.1) is 11.3 Å². The lowest BCUT2D eigenvalue weighted by Gasteiger charge is -2.06. The number of hydrogen-bond acceptors (Lipinski definition) is 3. The smallest absolute Gasteiger partial charge is 0.267 e. The second-order valence-electron chi connectivity index (χ2n) is 3.70. The number of hydrogen-bond donors (Lipinski definition) is 0. The van der Waals surface area contributed by atoms with Gasteiger partial charge in [0.25, 0.3) is 5.91 Å². The van der Waals surface area contributed by atoms with Crippen molar-refractivity contribution < 1.29 is 9.18 Å². The molecule has 4 nitrogen and oxygen atoms in total. The minimum atomic E-state index is -1.22. The van der Waals surface area contributed by atoms with Gasteiger partial charge in [-0.15, -0.1) is 0 Å². The van der Waals surface area contributed by atoms with Gasteiger partial charge in [-0.2, -0.15) is 5.10 Å². The van der Waals surface area contributed by atoms with Crippen LogP contribution in [0.2, 0.25) is 0 Å². The van der Waals surface area contributed by atoms with Gasteiger partial charge in [-0.25, -0.2) is 9.40 Å². The van der Waals surface area contributed by atoms with E-state index in [2.05, 4.69) is 10.1 Å². The fourth-order valence-electron chi connectivity index (χ4n) is 1.89. The summed E-state index contributed by atoms with van der Waals surface area (Å²) < 4.78 is 13.5. The van der Waals surface area contributed by atoms with E-state index in [-0.39, 0.29) is 5.91 Å². The van der Waals surface area contributed by atoms with Crippen molar-refractivity contribution in [1.82, 2.24) is 9.99 Å². The zero-order valence-corrected chi connectivity index (χ0v) is 8.51. The molecule has 1 aromatic rings. The largest absolute Gasteiger partial charge is 0.277 e. The van der Waals surface area contributed by atoms with Crippen molar-refractivity contribution in [3.05, 3.63) is 40.2 Å². The van der Waals surface area contributed by atoms with Gasteiger partial charge in [-0.3, -0.25) is 9.78 Å². The molecule has 0 fully saturated rings. The first-order valence-corrected chi connectivity index (χ1v) is 4.86. The third-order valence-electron chi connectivity index (χ3n) is 2.70. The summed E-state index contributed by atoms with van der Waals surface area (Å²) in [4.78, 5) is 15.6. The van der Waals surface area contributed by atoms with E-state index in [1.165, 1.54) is 17.3 Å². The lowest BCUT2D eigenvalue weighted by molar-refractivity contribution is 0.0816. The van der Waals surface area contributed by atoms with Crippen LogP contribution in [0.25, 0.3) is 6.08 Å². The van der Waals surface area contributed by atoms with Gasteiger partial charge in [-0.1, -0.05) is 12.2 Å². The van der Waals surface area contributed by atoms with Gasteiger partial charge >= 0.3 is 0 Å². The van der Waals surface area contributed by atoms with Crippen molar-refractivity contribution in [2.45, 2.75) is 6.17 Å². The van der Waals surface area contributed by atoms with E-state index in [0.29, 0.717) is 21.8 Å². The van der Waals surface area contributed by atoms with Crippen LogP contribution >= 0.6 is 0 Å². The number of aromatic nitrogens is 1. The second-order valence-corrected chi connectivity index (χ2v) is 3.70. The van der Waals surface area contributed by atoms with Crippen molar-refractivity contribution in [2.75, 3.05) is 7.05 Å². The van der Waals surface area contributed by atoms with Crippen molar-refractivity contribution in [1.29, 1.82) is 0 Å². The molecule has 0 N–H and O–H groups in total. The molecule has 1 aliphatic heterocycles. The molecule has 2 aliphatic rings. The molecule has 5 heteroatoms. The van der Waals surface area contributed by atoms with E-state index in [1.807, 2.05) is 0 Å². The molecule has 16 heavy (non-hydrogen) atoms. The number of pyridine rings is 1. The zero-order chi connectivity index (χ0) is 11.3. The van der Waals surface area contributed by atoms with Crippen LogP contribution in [0.15, 0.2) is 23.5 Å². The normalized spacial score (nSPS) is 21.2. The number of rotatable bonds is 0. The number of carbonyl (C=O) groups excluding carboxylic acids is 1. The minimum Gasteiger partial charge on any atom is -0.267 e. The standard InChI is InChI=1S/C11H8FN3O/c1-15-11(16)7-5-13-10-6(9(7)14-15)3-2-4-8(10)12/h2-5,8H,1H3. The number of nitrogens with zero attached hydrogens (tertiary/aromatic N) is 3. The Morgan fingerprint density at radius 1 is 1.50 bits per heavy atom. The molecule has 1 atom stereocenters. The molecule has 1 aromatic heterocycles. The maximum atomic E-state index is 13.5. The zero-order valence-electron chi connectivity index (χ0n) is 8.51. The van der Waals surface area contributed by atoms with Crippen LogP contribution in [0.3, 0.4) is 0 Å². The van der Waals surface area contributed by atoms with E-state index in [0.717, 1.165) is 0 Å². The van der Waals surface area contributed by atoms with Crippen LogP contribution in [0.1, 0.15) is 22.2 Å². The topological polar surface area (TPSA) is 45.6 Å². The number of halogens is 1. The second kappa shape index (κ2) is 2.98. The average molecular weight is 217 g/mol. The predicted molar refractivity (Wildman–Crippen MR) is 54.6 cm³/mol. The highest BCUT2D eigenvalue weighted by molar-refractivity contribution is 5.94. The molecule has 0 radical (unpaired) electrons. The highest BCUT2D eigenvalue weighted by atomic mass is 19.1. The molecule has 0 saturated carbocycles. The number of amides is 1. The molecular formula is C11H8FN3O. The van der Waals surface area contributed by atoms with E-state index in [1.54, 1.807) is 19.2 Å². The molecule has 1 unspecified atom stereocenters. The highest BCUT2D eigenvalue weighted by Gasteiger charge is 2.24. The van der Waals surface area contributed by atoms with Gasteiger partial charge in [0.1, 0.15) is 5.36 Å². The Morgan fingerprint density at radius 2 is 2.31 bits per heavy atom. The first-order chi connectivity index (χ1) is 7.68. The quantitative estimate of drug-likeness (QED) is 0.617. The van der Waals surface area contributed by atoms with Crippen molar-refractivity contribution >= 4 is 12.0 Å². The Bertz CT molecular complexity index is 635. The predicted octanol–water partition coefficient (Wildman–Crippen LogP) is 0.0627. The highest BCUT2D eigenvalue weighted by Crippen LogP contribution is 2.15. The fraction of sp³-hybridized carbons (Fsp3) is 0.182. The van der Waals surface area contributed by atoms with Crippen LogP contribution in [0, 0.1) is 0 Å². The number of fused-ring (bicyclic) bond motifs is 3. The Morgan fingerprint density at radius 3 is 3.12 bits per heavy atom. The van der Waals surface area contributed by atoms with E-state index >= 15 is 0 Å². The van der Waals surface area contributed by atoms with E-state index in [9.17, 15) is 9.18 Å². The van der Waals surface area contributed by atoms with Crippen molar-refractivity contribution in [3.63, 3.8) is 0 Å². The monoisotopic (exact) mass is 217 g/mol.